The largest absolute Gasteiger partial charge is 0.487 e. The second-order valence-electron chi connectivity index (χ2n) is 8.06. The van der Waals surface area contributed by atoms with Crippen molar-refractivity contribution >= 4 is 12.4 Å². The number of rotatable bonds is 5. The first-order valence-corrected chi connectivity index (χ1v) is 9.70. The molecule has 0 saturated carbocycles. The van der Waals surface area contributed by atoms with Gasteiger partial charge < -0.3 is 10.1 Å². The second kappa shape index (κ2) is 8.59. The fraction of sp³-hybridized carbons (Fsp3) is 0.500. The van der Waals surface area contributed by atoms with Crippen LogP contribution in [0.5, 0.6) is 5.75 Å². The Morgan fingerprint density at radius 3 is 2.67 bits per heavy atom. The molecule has 2 aliphatic heterocycles. The van der Waals surface area contributed by atoms with Crippen LogP contribution in [0, 0.1) is 19.3 Å². The van der Waals surface area contributed by atoms with Gasteiger partial charge in [0.1, 0.15) is 12.4 Å². The summed E-state index contributed by atoms with van der Waals surface area (Å²) >= 11 is 0. The molecule has 2 aliphatic rings. The van der Waals surface area contributed by atoms with E-state index >= 15 is 0 Å². The predicted octanol–water partition coefficient (Wildman–Crippen LogP) is 3.88. The number of aromatic nitrogens is 1. The van der Waals surface area contributed by atoms with Crippen LogP contribution in [0.2, 0.25) is 0 Å². The third kappa shape index (κ3) is 4.63. The molecule has 5 heteroatoms. The number of pyridine rings is 1. The number of hydrogen-bond donors (Lipinski definition) is 1. The summed E-state index contributed by atoms with van der Waals surface area (Å²) in [5.41, 5.74) is 5.33. The van der Waals surface area contributed by atoms with Gasteiger partial charge in [-0.3, -0.25) is 9.88 Å². The molecule has 2 aromatic rings. The molecule has 146 valence electrons. The Morgan fingerprint density at radius 2 is 2.00 bits per heavy atom. The zero-order valence-electron chi connectivity index (χ0n) is 16.3. The molecule has 1 spiro atoms. The van der Waals surface area contributed by atoms with Gasteiger partial charge in [-0.25, -0.2) is 0 Å². The number of halogens is 1. The summed E-state index contributed by atoms with van der Waals surface area (Å²) in [7, 11) is 0. The van der Waals surface area contributed by atoms with Gasteiger partial charge in [0.05, 0.1) is 5.69 Å². The Hall–Kier alpha value is -1.62. The second-order valence-corrected chi connectivity index (χ2v) is 8.06. The van der Waals surface area contributed by atoms with Crippen molar-refractivity contribution < 1.29 is 4.74 Å². The van der Waals surface area contributed by atoms with Gasteiger partial charge in [-0.2, -0.15) is 0 Å². The molecule has 0 radical (unpaired) electrons. The van der Waals surface area contributed by atoms with Crippen LogP contribution >= 0.6 is 12.4 Å². The van der Waals surface area contributed by atoms with E-state index in [4.69, 9.17) is 4.74 Å². The zero-order valence-corrected chi connectivity index (χ0v) is 17.1. The Morgan fingerprint density at radius 1 is 1.19 bits per heavy atom. The summed E-state index contributed by atoms with van der Waals surface area (Å²) in [5.74, 6) is 0.997. The maximum absolute atomic E-state index is 6.07. The van der Waals surface area contributed by atoms with Gasteiger partial charge in [-0.05, 0) is 74.0 Å². The van der Waals surface area contributed by atoms with E-state index < -0.39 is 0 Å². The molecule has 0 amide bonds. The molecule has 1 aromatic heterocycles. The topological polar surface area (TPSA) is 37.4 Å². The van der Waals surface area contributed by atoms with Gasteiger partial charge in [0.25, 0.3) is 0 Å². The fourth-order valence-corrected chi connectivity index (χ4v) is 4.55. The number of benzene rings is 1. The van der Waals surface area contributed by atoms with Crippen molar-refractivity contribution in [3.8, 4) is 5.75 Å². The minimum absolute atomic E-state index is 0. The van der Waals surface area contributed by atoms with Gasteiger partial charge in [0.2, 0.25) is 0 Å². The van der Waals surface area contributed by atoms with Crippen molar-refractivity contribution in [2.24, 2.45) is 5.41 Å². The van der Waals surface area contributed by atoms with Crippen molar-refractivity contribution in [2.75, 3.05) is 26.2 Å². The van der Waals surface area contributed by atoms with Crippen LogP contribution in [0.25, 0.3) is 0 Å². The van der Waals surface area contributed by atoms with Crippen molar-refractivity contribution in [3.63, 3.8) is 0 Å². The monoisotopic (exact) mass is 387 g/mol. The van der Waals surface area contributed by atoms with Crippen molar-refractivity contribution in [3.05, 3.63) is 58.9 Å². The Kier molecular flexibility index (Phi) is 6.40. The van der Waals surface area contributed by atoms with E-state index in [0.717, 1.165) is 18.0 Å². The minimum Gasteiger partial charge on any atom is -0.487 e. The van der Waals surface area contributed by atoms with E-state index in [1.165, 1.54) is 55.7 Å². The number of nitrogens with zero attached hydrogens (tertiary/aromatic N) is 2. The number of nitrogens with one attached hydrogen (secondary N) is 1. The third-order valence-electron chi connectivity index (χ3n) is 5.87. The molecule has 3 heterocycles. The summed E-state index contributed by atoms with van der Waals surface area (Å²) in [6.45, 7) is 10.7. The van der Waals surface area contributed by atoms with E-state index in [0.29, 0.717) is 12.0 Å². The van der Waals surface area contributed by atoms with Crippen molar-refractivity contribution in [1.82, 2.24) is 15.2 Å². The number of likely N-dealkylation sites (tertiary alicyclic amines) is 1. The lowest BCUT2D eigenvalue weighted by Crippen LogP contribution is -2.29. The van der Waals surface area contributed by atoms with Gasteiger partial charge in [-0.1, -0.05) is 18.2 Å². The summed E-state index contributed by atoms with van der Waals surface area (Å²) in [5, 5.41) is 3.54. The molecule has 1 N–H and O–H groups in total. The fourth-order valence-electron chi connectivity index (χ4n) is 4.55. The first-order valence-electron chi connectivity index (χ1n) is 9.70. The van der Waals surface area contributed by atoms with Crippen LogP contribution in [-0.4, -0.2) is 36.1 Å². The lowest BCUT2D eigenvalue weighted by Gasteiger charge is -2.23. The highest BCUT2D eigenvalue weighted by atomic mass is 35.5. The molecular formula is C22H30ClN3O. The SMILES string of the molecule is Cc1cc(CN2CCC3(CCNC3)C2)cc(C)c1OCc1ccccn1.Cl. The molecular weight excluding hydrogens is 358 g/mol. The van der Waals surface area contributed by atoms with Crippen LogP contribution in [0.15, 0.2) is 36.5 Å². The third-order valence-corrected chi connectivity index (χ3v) is 5.87. The molecule has 2 saturated heterocycles. The van der Waals surface area contributed by atoms with E-state index in [2.05, 4.69) is 41.2 Å². The maximum Gasteiger partial charge on any atom is 0.130 e. The maximum atomic E-state index is 6.07. The van der Waals surface area contributed by atoms with Crippen LogP contribution in [0.1, 0.15) is 35.2 Å². The first-order chi connectivity index (χ1) is 12.6. The highest BCUT2D eigenvalue weighted by Crippen LogP contribution is 2.37. The zero-order chi connectivity index (χ0) is 18.0. The molecule has 27 heavy (non-hydrogen) atoms. The van der Waals surface area contributed by atoms with E-state index in [9.17, 15) is 0 Å². The molecule has 4 nitrogen and oxygen atoms in total. The molecule has 2 fully saturated rings. The number of hydrogen-bond acceptors (Lipinski definition) is 4. The average molecular weight is 388 g/mol. The normalized spacial score (nSPS) is 22.1. The van der Waals surface area contributed by atoms with Crippen molar-refractivity contribution in [1.29, 1.82) is 0 Å². The van der Waals surface area contributed by atoms with E-state index in [1.54, 1.807) is 0 Å². The van der Waals surface area contributed by atoms with Gasteiger partial charge in [-0.15, -0.1) is 12.4 Å². The van der Waals surface area contributed by atoms with E-state index in [-0.39, 0.29) is 12.4 Å². The van der Waals surface area contributed by atoms with Crippen molar-refractivity contribution in [2.45, 2.75) is 39.8 Å². The first kappa shape index (κ1) is 20.1. The minimum atomic E-state index is 0. The van der Waals surface area contributed by atoms with Crippen LogP contribution in [-0.2, 0) is 13.2 Å². The number of aryl methyl sites for hydroxylation is 2. The highest BCUT2D eigenvalue weighted by Gasteiger charge is 2.40. The van der Waals surface area contributed by atoms with Gasteiger partial charge in [0.15, 0.2) is 0 Å². The van der Waals surface area contributed by atoms with Gasteiger partial charge in [0, 0.05) is 25.8 Å². The summed E-state index contributed by atoms with van der Waals surface area (Å²) in [4.78, 5) is 6.96. The molecule has 1 atom stereocenters. The molecule has 4 rings (SSSR count). The lowest BCUT2D eigenvalue weighted by molar-refractivity contribution is 0.268. The molecule has 0 bridgehead atoms. The van der Waals surface area contributed by atoms with Crippen LogP contribution in [0.3, 0.4) is 0 Å². The summed E-state index contributed by atoms with van der Waals surface area (Å²) in [6.07, 6.45) is 4.48. The quantitative estimate of drug-likeness (QED) is 0.844. The smallest absolute Gasteiger partial charge is 0.130 e. The standard InChI is InChI=1S/C22H29N3O.ClH/c1-17-11-19(13-25-10-7-22(16-25)6-9-23-15-22)12-18(2)21(17)26-14-20-5-3-4-8-24-20;/h3-5,8,11-12,23H,6-7,9-10,13-16H2,1-2H3;1H. The Labute approximate surface area is 168 Å². The highest BCUT2D eigenvalue weighted by molar-refractivity contribution is 5.85. The van der Waals surface area contributed by atoms with E-state index in [1.807, 2.05) is 24.4 Å². The lowest BCUT2D eigenvalue weighted by atomic mass is 9.86. The molecule has 0 aliphatic carbocycles. The van der Waals surface area contributed by atoms with Gasteiger partial charge >= 0.3 is 0 Å². The Balaban J connectivity index is 0.00000210. The molecule has 1 aromatic carbocycles. The average Bonchev–Trinajstić information content (AvgIpc) is 3.25. The predicted molar refractivity (Wildman–Crippen MR) is 112 cm³/mol. The number of ether oxygens (including phenoxy) is 1. The Bertz CT molecular complexity index is 736. The summed E-state index contributed by atoms with van der Waals surface area (Å²) in [6, 6.07) is 10.5. The van der Waals surface area contributed by atoms with Crippen LogP contribution in [0.4, 0.5) is 0 Å². The molecule has 1 unspecified atom stereocenters. The van der Waals surface area contributed by atoms with Crippen LogP contribution < -0.4 is 10.1 Å². The summed E-state index contributed by atoms with van der Waals surface area (Å²) < 4.78 is 6.07.